The van der Waals surface area contributed by atoms with Crippen LogP contribution in [-0.4, -0.2) is 60.9 Å². The summed E-state index contributed by atoms with van der Waals surface area (Å²) >= 11 is 0. The van der Waals surface area contributed by atoms with Gasteiger partial charge >= 0.3 is 5.97 Å². The molecule has 1 heterocycles. The molecule has 0 amide bonds. The fraction of sp³-hybridized carbons (Fsp3) is 0.964. The lowest BCUT2D eigenvalue weighted by Crippen LogP contribution is -2.39. The Morgan fingerprint density at radius 2 is 1.49 bits per heavy atom. The van der Waals surface area contributed by atoms with E-state index in [0.29, 0.717) is 12.5 Å². The van der Waals surface area contributed by atoms with Gasteiger partial charge < -0.3 is 14.2 Å². The molecule has 0 bridgehead atoms. The van der Waals surface area contributed by atoms with Gasteiger partial charge in [-0.1, -0.05) is 83.8 Å². The number of hydrogen-bond donors (Lipinski definition) is 0. The third kappa shape index (κ3) is 19.3. The molecule has 1 fully saturated rings. The molecule has 0 radical (unpaired) electrons. The molecule has 0 aromatic heterocycles. The quantitative estimate of drug-likeness (QED) is 0.0601. The molecular formula is C28H56O7SSi. The van der Waals surface area contributed by atoms with Crippen molar-refractivity contribution in [1.29, 1.82) is 0 Å². The third-order valence-corrected chi connectivity index (χ3v) is 9.00. The Bertz CT molecular complexity index is 687. The van der Waals surface area contributed by atoms with Crippen molar-refractivity contribution in [2.75, 3.05) is 26.1 Å². The van der Waals surface area contributed by atoms with Crippen LogP contribution in [0.1, 0.15) is 103 Å². The second-order valence-electron chi connectivity index (χ2n) is 11.8. The highest BCUT2D eigenvalue weighted by Gasteiger charge is 2.36. The van der Waals surface area contributed by atoms with Crippen molar-refractivity contribution in [3.8, 4) is 0 Å². The molecule has 3 unspecified atom stereocenters. The van der Waals surface area contributed by atoms with Gasteiger partial charge in [0.2, 0.25) is 0 Å². The number of hydrogen-bond acceptors (Lipinski definition) is 7. The van der Waals surface area contributed by atoms with Crippen LogP contribution in [0.25, 0.3) is 0 Å². The van der Waals surface area contributed by atoms with Crippen LogP contribution in [0.4, 0.5) is 0 Å². The summed E-state index contributed by atoms with van der Waals surface area (Å²) in [5, 5.41) is 0. The first-order valence-electron chi connectivity index (χ1n) is 14.8. The second kappa shape index (κ2) is 19.6. The summed E-state index contributed by atoms with van der Waals surface area (Å²) in [7, 11) is -5.28. The largest absolute Gasteiger partial charge is 0.466 e. The fourth-order valence-electron chi connectivity index (χ4n) is 4.91. The van der Waals surface area contributed by atoms with Crippen LogP contribution in [0.3, 0.4) is 0 Å². The van der Waals surface area contributed by atoms with Crippen LogP contribution in [0.5, 0.6) is 0 Å². The minimum Gasteiger partial charge on any atom is -0.466 e. The monoisotopic (exact) mass is 564 g/mol. The highest BCUT2D eigenvalue weighted by molar-refractivity contribution is 7.86. The molecule has 1 aliphatic rings. The first kappa shape index (κ1) is 34.5. The molecular weight excluding hydrogens is 508 g/mol. The summed E-state index contributed by atoms with van der Waals surface area (Å²) in [6.45, 7) is 10.3. The first-order chi connectivity index (χ1) is 17.5. The van der Waals surface area contributed by atoms with Gasteiger partial charge in [0.15, 0.2) is 6.29 Å². The highest BCUT2D eigenvalue weighted by atomic mass is 32.2. The van der Waals surface area contributed by atoms with Gasteiger partial charge in [-0.2, -0.15) is 8.42 Å². The number of rotatable bonds is 22. The Morgan fingerprint density at radius 1 is 0.919 bits per heavy atom. The third-order valence-electron chi connectivity index (χ3n) is 6.74. The summed E-state index contributed by atoms with van der Waals surface area (Å²) in [4.78, 5) is 12.7. The topological polar surface area (TPSA) is 88.1 Å². The van der Waals surface area contributed by atoms with Crippen molar-refractivity contribution in [2.24, 2.45) is 5.92 Å². The van der Waals surface area contributed by atoms with E-state index in [4.69, 9.17) is 18.4 Å². The average molecular weight is 565 g/mol. The molecule has 0 aromatic rings. The number of esters is 1. The van der Waals surface area contributed by atoms with Gasteiger partial charge in [0.25, 0.3) is 10.1 Å². The number of carbonyl (C=O) groups is 1. The van der Waals surface area contributed by atoms with E-state index < -0.39 is 30.2 Å². The van der Waals surface area contributed by atoms with Gasteiger partial charge in [-0.05, 0) is 45.1 Å². The van der Waals surface area contributed by atoms with E-state index in [0.717, 1.165) is 58.0 Å². The smallest absolute Gasteiger partial charge is 0.311 e. The minimum absolute atomic E-state index is 0.0380. The molecule has 37 heavy (non-hydrogen) atoms. The maximum Gasteiger partial charge on any atom is 0.311 e. The first-order valence-corrected chi connectivity index (χ1v) is 20.3. The van der Waals surface area contributed by atoms with Crippen LogP contribution in [-0.2, 0) is 33.3 Å². The molecule has 0 aliphatic carbocycles. The average Bonchev–Trinajstić information content (AvgIpc) is 2.81. The highest BCUT2D eigenvalue weighted by Crippen LogP contribution is 2.28. The summed E-state index contributed by atoms with van der Waals surface area (Å²) in [6.07, 6.45) is 17.4. The number of unbranched alkanes of at least 4 members (excludes halogenated alkanes) is 10. The van der Waals surface area contributed by atoms with Crippen molar-refractivity contribution in [3.05, 3.63) is 0 Å². The van der Waals surface area contributed by atoms with Crippen molar-refractivity contribution >= 4 is 24.2 Å². The number of carbonyl (C=O) groups excluding carboxylic acids is 1. The molecule has 0 saturated carbocycles. The SMILES string of the molecule is CCOC(=O)C(C[Si](C)(C)C)C(CCCCCCCCCCCCCOC1CCCCO1)OS(C)(=O)=O. The zero-order valence-corrected chi connectivity index (χ0v) is 26.2. The molecule has 7 nitrogen and oxygen atoms in total. The normalized spacial score (nSPS) is 18.5. The summed E-state index contributed by atoms with van der Waals surface area (Å²) in [5.74, 6) is -0.849. The molecule has 0 aromatic carbocycles. The number of ether oxygens (including phenoxy) is 3. The molecule has 1 saturated heterocycles. The van der Waals surface area contributed by atoms with Crippen molar-refractivity contribution < 1.29 is 31.6 Å². The summed E-state index contributed by atoms with van der Waals surface area (Å²) < 4.78 is 45.9. The Kier molecular flexibility index (Phi) is 18.3. The van der Waals surface area contributed by atoms with Crippen molar-refractivity contribution in [3.63, 3.8) is 0 Å². The van der Waals surface area contributed by atoms with Gasteiger partial charge in [-0.3, -0.25) is 8.98 Å². The van der Waals surface area contributed by atoms with E-state index in [1.54, 1.807) is 6.92 Å². The van der Waals surface area contributed by atoms with Gasteiger partial charge in [0.1, 0.15) is 0 Å². The molecule has 1 rings (SSSR count). The van der Waals surface area contributed by atoms with Crippen LogP contribution in [0, 0.1) is 5.92 Å². The molecule has 220 valence electrons. The van der Waals surface area contributed by atoms with Crippen molar-refractivity contribution in [2.45, 2.75) is 141 Å². The zero-order valence-electron chi connectivity index (χ0n) is 24.4. The van der Waals surface area contributed by atoms with Gasteiger partial charge in [0.05, 0.1) is 24.9 Å². The molecule has 3 atom stereocenters. The van der Waals surface area contributed by atoms with E-state index in [-0.39, 0.29) is 18.9 Å². The van der Waals surface area contributed by atoms with Gasteiger partial charge in [-0.25, -0.2) is 0 Å². The molecule has 0 N–H and O–H groups in total. The summed E-state index contributed by atoms with van der Waals surface area (Å²) in [6, 6.07) is 0.661. The maximum atomic E-state index is 12.7. The summed E-state index contributed by atoms with van der Waals surface area (Å²) in [5.41, 5.74) is 0. The zero-order chi connectivity index (χ0) is 27.6. The fourth-order valence-corrected chi connectivity index (χ4v) is 7.34. The van der Waals surface area contributed by atoms with Crippen LogP contribution >= 0.6 is 0 Å². The van der Waals surface area contributed by atoms with E-state index in [2.05, 4.69) is 19.6 Å². The lowest BCUT2D eigenvalue weighted by Gasteiger charge is -2.29. The maximum absolute atomic E-state index is 12.7. The van der Waals surface area contributed by atoms with E-state index >= 15 is 0 Å². The standard InChI is InChI=1S/C28H56O7SSi/c1-6-32-28(29)25(24-37(3,4)5)26(35-36(2,30)31)20-16-14-12-10-8-7-9-11-13-15-18-22-33-27-21-17-19-23-34-27/h25-27H,6-24H2,1-5H3. The Hall–Kier alpha value is -0.483. The predicted octanol–water partition coefficient (Wildman–Crippen LogP) is 7.07. The van der Waals surface area contributed by atoms with Crippen LogP contribution in [0.15, 0.2) is 0 Å². The van der Waals surface area contributed by atoms with E-state index in [1.807, 2.05) is 0 Å². The van der Waals surface area contributed by atoms with Crippen LogP contribution in [0.2, 0.25) is 25.7 Å². The van der Waals surface area contributed by atoms with E-state index in [1.165, 1.54) is 51.4 Å². The Labute approximate surface area is 228 Å². The predicted molar refractivity (Wildman–Crippen MR) is 153 cm³/mol. The Morgan fingerprint density at radius 3 is 1.97 bits per heavy atom. The van der Waals surface area contributed by atoms with E-state index in [9.17, 15) is 13.2 Å². The van der Waals surface area contributed by atoms with Crippen molar-refractivity contribution in [1.82, 2.24) is 0 Å². The second-order valence-corrected chi connectivity index (χ2v) is 18.9. The Balaban J connectivity index is 2.17. The van der Waals surface area contributed by atoms with Gasteiger partial charge in [-0.15, -0.1) is 0 Å². The molecule has 9 heteroatoms. The molecule has 1 aliphatic heterocycles. The lowest BCUT2D eigenvalue weighted by atomic mass is 9.98. The minimum atomic E-state index is -3.65. The van der Waals surface area contributed by atoms with Gasteiger partial charge in [0, 0.05) is 21.3 Å². The lowest BCUT2D eigenvalue weighted by molar-refractivity contribution is -0.162. The van der Waals surface area contributed by atoms with Crippen LogP contribution < -0.4 is 0 Å². The molecule has 0 spiro atoms.